The number of anilines is 1. The minimum Gasteiger partial charge on any atom is -0.506 e. The van der Waals surface area contributed by atoms with Crippen molar-refractivity contribution in [3.8, 4) is 0 Å². The highest BCUT2D eigenvalue weighted by Gasteiger charge is 2.36. The molecule has 0 fully saturated rings. The van der Waals surface area contributed by atoms with E-state index >= 15 is 0 Å². The molecule has 0 spiro atoms. The zero-order chi connectivity index (χ0) is 16.6. The molecule has 0 aromatic heterocycles. The summed E-state index contributed by atoms with van der Waals surface area (Å²) < 4.78 is 0. The third-order valence-corrected chi connectivity index (χ3v) is 4.01. The number of hydrogen-bond acceptors (Lipinski definition) is 4. The SMILES string of the molecule is CN=C1C=CC(=C2C(=O)C(c3ccc(N(C)C)cc3)=C2O)C=C1. The van der Waals surface area contributed by atoms with Crippen LogP contribution in [0.15, 0.2) is 70.5 Å². The van der Waals surface area contributed by atoms with Gasteiger partial charge in [-0.2, -0.15) is 0 Å². The van der Waals surface area contributed by atoms with Gasteiger partial charge in [0.05, 0.1) is 16.9 Å². The molecule has 3 rings (SSSR count). The Kier molecular flexibility index (Phi) is 3.74. The predicted octanol–water partition coefficient (Wildman–Crippen LogP) is 3.10. The minimum atomic E-state index is -0.124. The number of aliphatic hydroxyl groups excluding tert-OH is 1. The number of rotatable bonds is 2. The van der Waals surface area contributed by atoms with Crippen molar-refractivity contribution in [2.24, 2.45) is 4.99 Å². The predicted molar refractivity (Wildman–Crippen MR) is 94.0 cm³/mol. The van der Waals surface area contributed by atoms with E-state index in [4.69, 9.17) is 0 Å². The first-order valence-electron chi connectivity index (χ1n) is 7.36. The Hall–Kier alpha value is -2.88. The summed E-state index contributed by atoms with van der Waals surface area (Å²) in [5, 5.41) is 10.3. The van der Waals surface area contributed by atoms with E-state index < -0.39 is 0 Å². The van der Waals surface area contributed by atoms with E-state index in [0.29, 0.717) is 16.7 Å². The molecule has 0 saturated carbocycles. The Morgan fingerprint density at radius 1 is 0.957 bits per heavy atom. The van der Waals surface area contributed by atoms with Crippen molar-refractivity contribution in [2.45, 2.75) is 0 Å². The van der Waals surface area contributed by atoms with Gasteiger partial charge in [0.15, 0.2) is 0 Å². The molecule has 0 radical (unpaired) electrons. The number of aliphatic hydroxyl groups is 1. The summed E-state index contributed by atoms with van der Waals surface area (Å²) >= 11 is 0. The van der Waals surface area contributed by atoms with Gasteiger partial charge < -0.3 is 10.0 Å². The van der Waals surface area contributed by atoms with E-state index in [-0.39, 0.29) is 11.5 Å². The lowest BCUT2D eigenvalue weighted by atomic mass is 9.80. The third-order valence-electron chi connectivity index (χ3n) is 4.01. The van der Waals surface area contributed by atoms with Gasteiger partial charge in [0.2, 0.25) is 5.78 Å². The molecular formula is C19H18N2O2. The summed E-state index contributed by atoms with van der Waals surface area (Å²) in [6.07, 6.45) is 7.26. The number of nitrogens with zero attached hydrogens (tertiary/aromatic N) is 2. The number of hydrogen-bond donors (Lipinski definition) is 1. The van der Waals surface area contributed by atoms with Crippen LogP contribution in [0.1, 0.15) is 5.56 Å². The number of Topliss-reactive ketones (excluding diaryl/α,β-unsaturated/α-hetero) is 1. The second-order valence-corrected chi connectivity index (χ2v) is 5.64. The zero-order valence-corrected chi connectivity index (χ0v) is 13.4. The van der Waals surface area contributed by atoms with Crippen molar-refractivity contribution >= 4 is 22.8 Å². The second kappa shape index (κ2) is 5.72. The van der Waals surface area contributed by atoms with Crippen LogP contribution in [0, 0.1) is 0 Å². The molecule has 0 heterocycles. The number of allylic oxidation sites excluding steroid dienone is 7. The molecule has 4 nitrogen and oxygen atoms in total. The maximum atomic E-state index is 12.5. The molecule has 116 valence electrons. The van der Waals surface area contributed by atoms with E-state index in [9.17, 15) is 9.90 Å². The molecule has 4 heteroatoms. The highest BCUT2D eigenvalue weighted by Crippen LogP contribution is 2.39. The molecule has 1 aromatic carbocycles. The van der Waals surface area contributed by atoms with Crippen LogP contribution in [-0.2, 0) is 4.79 Å². The average Bonchev–Trinajstić information content (AvgIpc) is 2.56. The van der Waals surface area contributed by atoms with Crippen molar-refractivity contribution < 1.29 is 9.90 Å². The van der Waals surface area contributed by atoms with E-state index in [1.54, 1.807) is 19.2 Å². The fourth-order valence-corrected chi connectivity index (χ4v) is 2.64. The first-order valence-corrected chi connectivity index (χ1v) is 7.36. The van der Waals surface area contributed by atoms with Crippen LogP contribution in [0.5, 0.6) is 0 Å². The number of carbonyl (C=O) groups is 1. The van der Waals surface area contributed by atoms with Crippen molar-refractivity contribution in [3.63, 3.8) is 0 Å². The first-order chi connectivity index (χ1) is 11.0. The van der Waals surface area contributed by atoms with Crippen LogP contribution in [-0.4, -0.2) is 37.7 Å². The summed E-state index contributed by atoms with van der Waals surface area (Å²) in [5.41, 5.74) is 4.09. The van der Waals surface area contributed by atoms with Crippen LogP contribution in [0.2, 0.25) is 0 Å². The fourth-order valence-electron chi connectivity index (χ4n) is 2.64. The quantitative estimate of drug-likeness (QED) is 0.854. The molecule has 1 aromatic rings. The van der Waals surface area contributed by atoms with Crippen LogP contribution < -0.4 is 4.90 Å². The lowest BCUT2D eigenvalue weighted by molar-refractivity contribution is -0.111. The maximum absolute atomic E-state index is 12.5. The summed E-state index contributed by atoms with van der Waals surface area (Å²) in [6, 6.07) is 7.57. The Morgan fingerprint density at radius 2 is 1.57 bits per heavy atom. The Labute approximate surface area is 135 Å². The van der Waals surface area contributed by atoms with Gasteiger partial charge in [0, 0.05) is 26.8 Å². The average molecular weight is 306 g/mol. The number of benzene rings is 1. The highest BCUT2D eigenvalue weighted by atomic mass is 16.3. The highest BCUT2D eigenvalue weighted by molar-refractivity contribution is 6.39. The third kappa shape index (κ3) is 2.52. The summed E-state index contributed by atoms with van der Waals surface area (Å²) in [4.78, 5) is 18.5. The molecule has 0 unspecified atom stereocenters. The Bertz CT molecular complexity index is 801. The number of aliphatic imine (C=N–C) groups is 1. The van der Waals surface area contributed by atoms with Crippen LogP contribution in [0.25, 0.3) is 5.57 Å². The zero-order valence-electron chi connectivity index (χ0n) is 13.4. The fraction of sp³-hybridized carbons (Fsp3) is 0.158. The van der Waals surface area contributed by atoms with Crippen LogP contribution >= 0.6 is 0 Å². The van der Waals surface area contributed by atoms with E-state index in [2.05, 4.69) is 4.99 Å². The maximum Gasteiger partial charge on any atom is 0.201 e. The Morgan fingerprint density at radius 3 is 2.04 bits per heavy atom. The standard InChI is InChI=1S/C19H18N2O2/c1-20-14-8-4-12(5-9-14)16-18(22)17(19(16)23)13-6-10-15(11-7-13)21(2)3/h4-11,22H,1-3H3. The van der Waals surface area contributed by atoms with Gasteiger partial charge in [-0.15, -0.1) is 0 Å². The van der Waals surface area contributed by atoms with Gasteiger partial charge in [-0.1, -0.05) is 24.3 Å². The van der Waals surface area contributed by atoms with Crippen LogP contribution in [0.3, 0.4) is 0 Å². The van der Waals surface area contributed by atoms with Crippen molar-refractivity contribution in [1.82, 2.24) is 0 Å². The minimum absolute atomic E-state index is 0.0637. The monoisotopic (exact) mass is 306 g/mol. The molecule has 0 bridgehead atoms. The van der Waals surface area contributed by atoms with Crippen LogP contribution in [0.4, 0.5) is 5.69 Å². The molecule has 2 aliphatic carbocycles. The molecule has 0 amide bonds. The van der Waals surface area contributed by atoms with E-state index in [0.717, 1.165) is 17.0 Å². The molecule has 0 saturated heterocycles. The van der Waals surface area contributed by atoms with Crippen molar-refractivity contribution in [1.29, 1.82) is 0 Å². The summed E-state index contributed by atoms with van der Waals surface area (Å²) in [5.74, 6) is -0.0601. The Balaban J connectivity index is 1.96. The van der Waals surface area contributed by atoms with Crippen molar-refractivity contribution in [2.75, 3.05) is 26.0 Å². The summed E-state index contributed by atoms with van der Waals surface area (Å²) in [6.45, 7) is 0. The molecule has 0 atom stereocenters. The normalized spacial score (nSPS) is 16.8. The van der Waals surface area contributed by atoms with E-state index in [1.807, 2.05) is 55.4 Å². The molecule has 0 aliphatic heterocycles. The largest absolute Gasteiger partial charge is 0.506 e. The number of ketones is 1. The first kappa shape index (κ1) is 15.0. The van der Waals surface area contributed by atoms with Gasteiger partial charge in [0.1, 0.15) is 5.76 Å². The molecular weight excluding hydrogens is 288 g/mol. The molecule has 1 N–H and O–H groups in total. The second-order valence-electron chi connectivity index (χ2n) is 5.64. The van der Waals surface area contributed by atoms with Gasteiger partial charge >= 0.3 is 0 Å². The van der Waals surface area contributed by atoms with Gasteiger partial charge in [0.25, 0.3) is 0 Å². The van der Waals surface area contributed by atoms with Crippen molar-refractivity contribution in [3.05, 3.63) is 71.0 Å². The lowest BCUT2D eigenvalue weighted by Crippen LogP contribution is -2.23. The van der Waals surface area contributed by atoms with Gasteiger partial charge in [-0.25, -0.2) is 0 Å². The number of carbonyl (C=O) groups excluding carboxylic acids is 1. The lowest BCUT2D eigenvalue weighted by Gasteiger charge is -2.24. The summed E-state index contributed by atoms with van der Waals surface area (Å²) in [7, 11) is 5.63. The van der Waals surface area contributed by atoms with E-state index in [1.165, 1.54) is 0 Å². The molecule has 23 heavy (non-hydrogen) atoms. The van der Waals surface area contributed by atoms with Gasteiger partial charge in [-0.3, -0.25) is 9.79 Å². The smallest absolute Gasteiger partial charge is 0.201 e. The topological polar surface area (TPSA) is 52.9 Å². The van der Waals surface area contributed by atoms with Gasteiger partial charge in [-0.05, 0) is 35.4 Å². The molecule has 2 aliphatic rings.